The average molecular weight is 792 g/mol. The summed E-state index contributed by atoms with van der Waals surface area (Å²) in [6.45, 7) is 0. The minimum Gasteiger partial charge on any atom is -0.333 e. The number of benzene rings is 9. The van der Waals surface area contributed by atoms with E-state index in [0.717, 1.165) is 44.1 Å². The predicted molar refractivity (Wildman–Crippen MR) is 256 cm³/mol. The number of nitrogens with zero attached hydrogens (tertiary/aromatic N) is 5. The molecule has 0 amide bonds. The molecule has 2 unspecified atom stereocenters. The van der Waals surface area contributed by atoms with Crippen molar-refractivity contribution in [2.24, 2.45) is 0 Å². The first kappa shape index (κ1) is 34.7. The summed E-state index contributed by atoms with van der Waals surface area (Å²) in [4.78, 5) is 18.3. The molecule has 13 rings (SSSR count). The quantitative estimate of drug-likeness (QED) is 0.163. The Morgan fingerprint density at radius 2 is 0.935 bits per heavy atom. The van der Waals surface area contributed by atoms with Crippen molar-refractivity contribution in [3.63, 3.8) is 0 Å². The van der Waals surface area contributed by atoms with Crippen LogP contribution in [0.4, 0.5) is 11.4 Å². The minimum absolute atomic E-state index is 0.192. The van der Waals surface area contributed by atoms with Gasteiger partial charge in [-0.25, -0.2) is 15.0 Å². The third kappa shape index (κ3) is 5.25. The van der Waals surface area contributed by atoms with E-state index in [2.05, 4.69) is 185 Å². The second-order valence-corrected chi connectivity index (χ2v) is 16.3. The average Bonchev–Trinajstić information content (AvgIpc) is 3.85. The number of hydrogen-bond acceptors (Lipinski definition) is 4. The lowest BCUT2D eigenvalue weighted by atomic mass is 9.90. The van der Waals surface area contributed by atoms with Gasteiger partial charge < -0.3 is 9.47 Å². The smallest absolute Gasteiger partial charge is 0.164 e. The fourth-order valence-electron chi connectivity index (χ4n) is 10.2. The standard InChI is InChI=1S/C57H37N5/c1-4-18-36(19-5-1)55-58-56(37-20-6-2-7-21-37)60-57(59-55)49-33-39(32-48-42-26-11-10-24-40(42)41-25-12-13-29-45(41)54(48)49)62-51-31-17-15-28-44(51)47-34-52-46(35-53(47)62)43-27-14-16-30-50(43)61(52)38-22-8-3-9-23-38/h1-35,43,50H. The van der Waals surface area contributed by atoms with E-state index in [-0.39, 0.29) is 12.0 Å². The van der Waals surface area contributed by atoms with Crippen molar-refractivity contribution in [2.45, 2.75) is 12.0 Å². The zero-order valence-electron chi connectivity index (χ0n) is 33.6. The van der Waals surface area contributed by atoms with Crippen molar-refractivity contribution in [1.82, 2.24) is 19.5 Å². The van der Waals surface area contributed by atoms with Crippen molar-refractivity contribution in [3.8, 4) is 39.9 Å². The molecule has 290 valence electrons. The van der Waals surface area contributed by atoms with E-state index in [0.29, 0.717) is 17.5 Å². The van der Waals surface area contributed by atoms with Crippen molar-refractivity contribution in [3.05, 3.63) is 218 Å². The SMILES string of the molecule is C1=CC2c3cc4c(cc3N(c3ccccc3)C2C=C1)c1ccccc1n4-c1cc(-c2nc(-c3ccccc3)nc(-c3ccccc3)n2)c2c3ccccc3c3ccccc3c2c1. The highest BCUT2D eigenvalue weighted by Crippen LogP contribution is 2.51. The van der Waals surface area contributed by atoms with Gasteiger partial charge in [0.1, 0.15) is 0 Å². The Kier molecular flexibility index (Phi) is 7.66. The molecular formula is C57H37N5. The number of aromatic nitrogens is 4. The van der Waals surface area contributed by atoms with E-state index in [1.54, 1.807) is 0 Å². The summed E-state index contributed by atoms with van der Waals surface area (Å²) in [5.74, 6) is 2.12. The second kappa shape index (κ2) is 13.7. The summed E-state index contributed by atoms with van der Waals surface area (Å²) < 4.78 is 2.47. The Labute approximate surface area is 358 Å². The Bertz CT molecular complexity index is 3590. The third-order valence-electron chi connectivity index (χ3n) is 12.9. The fourth-order valence-corrected chi connectivity index (χ4v) is 10.2. The van der Waals surface area contributed by atoms with Crippen LogP contribution >= 0.6 is 0 Å². The van der Waals surface area contributed by atoms with E-state index in [4.69, 9.17) is 15.0 Å². The number of hydrogen-bond donors (Lipinski definition) is 0. The molecule has 1 aliphatic carbocycles. The Morgan fingerprint density at radius 3 is 1.63 bits per heavy atom. The molecule has 11 aromatic rings. The topological polar surface area (TPSA) is 46.8 Å². The Balaban J connectivity index is 1.15. The van der Waals surface area contributed by atoms with Crippen molar-refractivity contribution in [1.29, 1.82) is 0 Å². The zero-order valence-corrected chi connectivity index (χ0v) is 33.6. The van der Waals surface area contributed by atoms with Crippen LogP contribution in [0.25, 0.3) is 94.0 Å². The first-order valence-corrected chi connectivity index (χ1v) is 21.3. The van der Waals surface area contributed by atoms with Crippen LogP contribution in [0.2, 0.25) is 0 Å². The van der Waals surface area contributed by atoms with Gasteiger partial charge >= 0.3 is 0 Å². The molecule has 0 N–H and O–H groups in total. The highest BCUT2D eigenvalue weighted by Gasteiger charge is 2.38. The minimum atomic E-state index is 0.192. The Hall–Kier alpha value is -8.15. The summed E-state index contributed by atoms with van der Waals surface area (Å²) in [6, 6.07) is 67.5. The van der Waals surface area contributed by atoms with Crippen LogP contribution in [0, 0.1) is 0 Å². The lowest BCUT2D eigenvalue weighted by Gasteiger charge is -2.28. The number of anilines is 2. The molecular weight excluding hydrogens is 755 g/mol. The molecule has 0 saturated heterocycles. The summed E-state index contributed by atoms with van der Waals surface area (Å²) in [7, 11) is 0. The lowest BCUT2D eigenvalue weighted by Crippen LogP contribution is -2.28. The molecule has 5 nitrogen and oxygen atoms in total. The van der Waals surface area contributed by atoms with Crippen LogP contribution in [-0.4, -0.2) is 25.6 Å². The van der Waals surface area contributed by atoms with Crippen LogP contribution in [0.1, 0.15) is 11.5 Å². The highest BCUT2D eigenvalue weighted by atomic mass is 15.2. The molecule has 0 fully saturated rings. The molecule has 0 spiro atoms. The maximum atomic E-state index is 5.36. The van der Waals surface area contributed by atoms with Crippen LogP contribution in [0.15, 0.2) is 212 Å². The third-order valence-corrected chi connectivity index (χ3v) is 12.9. The van der Waals surface area contributed by atoms with Gasteiger partial charge in [-0.2, -0.15) is 0 Å². The van der Waals surface area contributed by atoms with Gasteiger partial charge in [0.2, 0.25) is 0 Å². The molecule has 0 radical (unpaired) electrons. The normalized spacial score (nSPS) is 15.6. The van der Waals surface area contributed by atoms with Gasteiger partial charge in [0.05, 0.1) is 17.1 Å². The summed E-state index contributed by atoms with van der Waals surface area (Å²) in [5, 5.41) is 9.46. The van der Waals surface area contributed by atoms with Gasteiger partial charge in [-0.3, -0.25) is 0 Å². The van der Waals surface area contributed by atoms with Gasteiger partial charge in [-0.15, -0.1) is 0 Å². The van der Waals surface area contributed by atoms with Gasteiger partial charge in [-0.1, -0.05) is 170 Å². The molecule has 2 aliphatic rings. The summed E-state index contributed by atoms with van der Waals surface area (Å²) in [6.07, 6.45) is 9.11. The van der Waals surface area contributed by atoms with Gasteiger partial charge in [0.15, 0.2) is 17.5 Å². The molecule has 62 heavy (non-hydrogen) atoms. The van der Waals surface area contributed by atoms with E-state index < -0.39 is 0 Å². The van der Waals surface area contributed by atoms with E-state index in [1.165, 1.54) is 49.4 Å². The largest absolute Gasteiger partial charge is 0.333 e. The maximum absolute atomic E-state index is 5.36. The molecule has 2 aromatic heterocycles. The van der Waals surface area contributed by atoms with Gasteiger partial charge in [0, 0.05) is 55.8 Å². The van der Waals surface area contributed by atoms with Crippen LogP contribution in [0.5, 0.6) is 0 Å². The summed E-state index contributed by atoms with van der Waals surface area (Å²) in [5.41, 5.74) is 9.98. The number of allylic oxidation sites excluding steroid dienone is 2. The monoisotopic (exact) mass is 791 g/mol. The van der Waals surface area contributed by atoms with Crippen molar-refractivity contribution >= 4 is 65.5 Å². The fraction of sp³-hybridized carbons (Fsp3) is 0.0351. The maximum Gasteiger partial charge on any atom is 0.164 e. The van der Waals surface area contributed by atoms with E-state index in [1.807, 2.05) is 36.4 Å². The number of fused-ring (bicyclic) bond motifs is 12. The zero-order chi connectivity index (χ0) is 40.7. The first-order chi connectivity index (χ1) is 30.8. The van der Waals surface area contributed by atoms with E-state index >= 15 is 0 Å². The van der Waals surface area contributed by atoms with Crippen LogP contribution in [-0.2, 0) is 0 Å². The summed E-state index contributed by atoms with van der Waals surface area (Å²) >= 11 is 0. The van der Waals surface area contributed by atoms with Gasteiger partial charge in [-0.05, 0) is 75.0 Å². The highest BCUT2D eigenvalue weighted by molar-refractivity contribution is 6.28. The Morgan fingerprint density at radius 1 is 0.387 bits per heavy atom. The molecule has 9 aromatic carbocycles. The second-order valence-electron chi connectivity index (χ2n) is 16.3. The molecule has 5 heteroatoms. The number of rotatable bonds is 5. The van der Waals surface area contributed by atoms with E-state index in [9.17, 15) is 0 Å². The predicted octanol–water partition coefficient (Wildman–Crippen LogP) is 14.2. The van der Waals surface area contributed by atoms with Crippen LogP contribution < -0.4 is 4.90 Å². The molecule has 2 atom stereocenters. The molecule has 0 saturated carbocycles. The lowest BCUT2D eigenvalue weighted by molar-refractivity contribution is 0.745. The molecule has 1 aliphatic heterocycles. The van der Waals surface area contributed by atoms with Crippen LogP contribution in [0.3, 0.4) is 0 Å². The molecule has 0 bridgehead atoms. The molecule has 3 heterocycles. The van der Waals surface area contributed by atoms with Crippen molar-refractivity contribution in [2.75, 3.05) is 4.90 Å². The van der Waals surface area contributed by atoms with Gasteiger partial charge in [0.25, 0.3) is 0 Å². The number of para-hydroxylation sites is 2. The first-order valence-electron chi connectivity index (χ1n) is 21.3. The van der Waals surface area contributed by atoms with Crippen molar-refractivity contribution < 1.29 is 0 Å².